The van der Waals surface area contributed by atoms with Gasteiger partial charge in [-0.2, -0.15) is 0 Å². The van der Waals surface area contributed by atoms with E-state index in [9.17, 15) is 14.4 Å². The van der Waals surface area contributed by atoms with Crippen molar-refractivity contribution in [3.8, 4) is 5.69 Å². The molecule has 0 aliphatic carbocycles. The molecule has 30 heavy (non-hydrogen) atoms. The summed E-state index contributed by atoms with van der Waals surface area (Å²) in [6.45, 7) is -0.219. The van der Waals surface area contributed by atoms with Crippen LogP contribution in [0.3, 0.4) is 0 Å². The molecule has 0 fully saturated rings. The third-order valence-corrected chi connectivity index (χ3v) is 6.36. The van der Waals surface area contributed by atoms with Gasteiger partial charge in [0.1, 0.15) is 11.2 Å². The highest BCUT2D eigenvalue weighted by atomic mass is 35.5. The van der Waals surface area contributed by atoms with Crippen molar-refractivity contribution in [2.75, 3.05) is 11.6 Å². The highest BCUT2D eigenvalue weighted by Gasteiger charge is 2.17. The Balaban J connectivity index is 1.76. The molecule has 0 bridgehead atoms. The van der Waals surface area contributed by atoms with Gasteiger partial charge in [0.05, 0.1) is 11.2 Å². The number of hydrogen-bond donors (Lipinski definition) is 1. The minimum Gasteiger partial charge on any atom is -0.324 e. The fourth-order valence-electron chi connectivity index (χ4n) is 3.10. The first-order valence-corrected chi connectivity index (χ1v) is 11.4. The van der Waals surface area contributed by atoms with Crippen molar-refractivity contribution in [2.45, 2.75) is 11.4 Å². The van der Waals surface area contributed by atoms with Crippen LogP contribution in [0.4, 0.5) is 5.69 Å². The number of aromatic nitrogens is 2. The van der Waals surface area contributed by atoms with Gasteiger partial charge in [0.15, 0.2) is 0 Å². The number of anilines is 1. The van der Waals surface area contributed by atoms with E-state index in [4.69, 9.17) is 11.6 Å². The average molecular weight is 458 g/mol. The molecule has 0 atom stereocenters. The van der Waals surface area contributed by atoms with E-state index < -0.39 is 11.2 Å². The molecule has 0 saturated carbocycles. The SMILES string of the molecule is CSc1cccc(NC(=O)Cn2c(=O)n(-c3ccc(Cl)cc3)c(=O)c3sccc32)c1. The summed E-state index contributed by atoms with van der Waals surface area (Å²) >= 11 is 8.73. The van der Waals surface area contributed by atoms with Gasteiger partial charge >= 0.3 is 5.69 Å². The predicted molar refractivity (Wildman–Crippen MR) is 124 cm³/mol. The lowest BCUT2D eigenvalue weighted by molar-refractivity contribution is -0.116. The predicted octanol–water partition coefficient (Wildman–Crippen LogP) is 4.23. The molecule has 0 saturated heterocycles. The number of amides is 1. The van der Waals surface area contributed by atoms with Crippen LogP contribution < -0.4 is 16.6 Å². The summed E-state index contributed by atoms with van der Waals surface area (Å²) in [5.74, 6) is -0.357. The van der Waals surface area contributed by atoms with Gasteiger partial charge in [-0.3, -0.25) is 14.2 Å². The fourth-order valence-corrected chi connectivity index (χ4v) is 4.51. The molecule has 4 rings (SSSR count). The topological polar surface area (TPSA) is 73.1 Å². The Morgan fingerprint density at radius 2 is 1.90 bits per heavy atom. The Hall–Kier alpha value is -2.81. The Kier molecular flexibility index (Phi) is 5.80. The van der Waals surface area contributed by atoms with Crippen molar-refractivity contribution in [1.82, 2.24) is 9.13 Å². The van der Waals surface area contributed by atoms with Crippen molar-refractivity contribution < 1.29 is 4.79 Å². The number of thioether (sulfide) groups is 1. The van der Waals surface area contributed by atoms with E-state index in [-0.39, 0.29) is 12.5 Å². The van der Waals surface area contributed by atoms with Crippen LogP contribution in [0.5, 0.6) is 0 Å². The van der Waals surface area contributed by atoms with Crippen molar-refractivity contribution in [2.24, 2.45) is 0 Å². The van der Waals surface area contributed by atoms with Crippen molar-refractivity contribution in [3.63, 3.8) is 0 Å². The largest absolute Gasteiger partial charge is 0.336 e. The maximum absolute atomic E-state index is 13.2. The Morgan fingerprint density at radius 1 is 1.13 bits per heavy atom. The number of hydrogen-bond acceptors (Lipinski definition) is 5. The molecule has 2 aromatic carbocycles. The van der Waals surface area contributed by atoms with Crippen molar-refractivity contribution >= 4 is 56.5 Å². The van der Waals surface area contributed by atoms with Gasteiger partial charge in [0.2, 0.25) is 5.91 Å². The number of carbonyl (C=O) groups excluding carboxylic acids is 1. The number of rotatable bonds is 5. The quantitative estimate of drug-likeness (QED) is 0.455. The molecule has 1 amide bonds. The number of benzene rings is 2. The third-order valence-electron chi connectivity index (χ3n) is 4.49. The molecule has 152 valence electrons. The zero-order chi connectivity index (χ0) is 21.3. The number of nitrogens with one attached hydrogen (secondary N) is 1. The minimum absolute atomic E-state index is 0.219. The molecule has 2 aromatic heterocycles. The molecule has 0 spiro atoms. The average Bonchev–Trinajstić information content (AvgIpc) is 3.23. The lowest BCUT2D eigenvalue weighted by atomic mass is 10.3. The minimum atomic E-state index is -0.582. The zero-order valence-corrected chi connectivity index (χ0v) is 18.2. The summed E-state index contributed by atoms with van der Waals surface area (Å²) < 4.78 is 2.79. The van der Waals surface area contributed by atoms with E-state index in [1.807, 2.05) is 24.5 Å². The molecule has 0 aliphatic heterocycles. The van der Waals surface area contributed by atoms with Crippen LogP contribution in [0, 0.1) is 0 Å². The molecular weight excluding hydrogens is 442 g/mol. The maximum atomic E-state index is 13.2. The van der Waals surface area contributed by atoms with Crippen molar-refractivity contribution in [3.05, 3.63) is 85.8 Å². The second-order valence-corrected chi connectivity index (χ2v) is 8.63. The smallest absolute Gasteiger partial charge is 0.324 e. The Bertz CT molecular complexity index is 1360. The lowest BCUT2D eigenvalue weighted by Gasteiger charge is -2.13. The summed E-state index contributed by atoms with van der Waals surface area (Å²) in [7, 11) is 0. The Labute approximate surface area is 184 Å². The lowest BCUT2D eigenvalue weighted by Crippen LogP contribution is -2.40. The normalized spacial score (nSPS) is 11.0. The van der Waals surface area contributed by atoms with E-state index in [0.717, 1.165) is 9.46 Å². The van der Waals surface area contributed by atoms with Gasteiger partial charge in [0.25, 0.3) is 5.56 Å². The fraction of sp³-hybridized carbons (Fsp3) is 0.0952. The van der Waals surface area contributed by atoms with Crippen molar-refractivity contribution in [1.29, 1.82) is 0 Å². The molecule has 0 radical (unpaired) electrons. The van der Waals surface area contributed by atoms with Crippen LogP contribution in [0.2, 0.25) is 5.02 Å². The van der Waals surface area contributed by atoms with Gasteiger partial charge in [-0.25, -0.2) is 9.36 Å². The second kappa shape index (κ2) is 8.51. The summed E-state index contributed by atoms with van der Waals surface area (Å²) in [4.78, 5) is 39.8. The van der Waals surface area contributed by atoms with Gasteiger partial charge < -0.3 is 5.32 Å². The van der Waals surface area contributed by atoms with Crippen LogP contribution >= 0.6 is 34.7 Å². The first kappa shape index (κ1) is 20.5. The van der Waals surface area contributed by atoms with E-state index in [1.165, 1.54) is 15.9 Å². The van der Waals surface area contributed by atoms with E-state index in [0.29, 0.717) is 26.6 Å². The maximum Gasteiger partial charge on any atom is 0.336 e. The molecule has 9 heteroatoms. The van der Waals surface area contributed by atoms with Gasteiger partial charge in [0, 0.05) is 15.6 Å². The first-order valence-electron chi connectivity index (χ1n) is 8.91. The van der Waals surface area contributed by atoms with E-state index >= 15 is 0 Å². The van der Waals surface area contributed by atoms with E-state index in [2.05, 4.69) is 5.32 Å². The van der Waals surface area contributed by atoms with Gasteiger partial charge in [-0.05, 0) is 60.2 Å². The van der Waals surface area contributed by atoms with Crippen LogP contribution in [0.1, 0.15) is 0 Å². The summed E-state index contributed by atoms with van der Waals surface area (Å²) in [5.41, 5.74) is 0.477. The summed E-state index contributed by atoms with van der Waals surface area (Å²) in [6.07, 6.45) is 1.95. The second-order valence-electron chi connectivity index (χ2n) is 6.40. The monoisotopic (exact) mass is 457 g/mol. The van der Waals surface area contributed by atoms with Gasteiger partial charge in [-0.1, -0.05) is 17.7 Å². The standard InChI is InChI=1S/C21H16ClN3O3S2/c1-29-16-4-2-3-14(11-16)23-18(26)12-24-17-9-10-30-19(17)20(27)25(21(24)28)15-7-5-13(22)6-8-15/h2-11H,12H2,1H3,(H,23,26). The van der Waals surface area contributed by atoms with Crippen LogP contribution in [0.15, 0.2) is 74.5 Å². The van der Waals surface area contributed by atoms with Crippen LogP contribution in [-0.2, 0) is 11.3 Å². The number of halogens is 1. The molecule has 1 N–H and O–H groups in total. The van der Waals surface area contributed by atoms with E-state index in [1.54, 1.807) is 53.5 Å². The number of nitrogens with zero attached hydrogens (tertiary/aromatic N) is 2. The molecule has 0 aliphatic rings. The van der Waals surface area contributed by atoms with Crippen LogP contribution in [-0.4, -0.2) is 21.3 Å². The van der Waals surface area contributed by atoms with Crippen LogP contribution in [0.25, 0.3) is 15.9 Å². The highest BCUT2D eigenvalue weighted by molar-refractivity contribution is 7.98. The molecule has 6 nitrogen and oxygen atoms in total. The summed E-state index contributed by atoms with van der Waals surface area (Å²) in [6, 6.07) is 15.5. The number of carbonyl (C=O) groups is 1. The number of fused-ring (bicyclic) bond motifs is 1. The third kappa shape index (κ3) is 3.94. The molecular formula is C21H16ClN3O3S2. The van der Waals surface area contributed by atoms with Gasteiger partial charge in [-0.15, -0.1) is 23.1 Å². The molecule has 0 unspecified atom stereocenters. The highest BCUT2D eigenvalue weighted by Crippen LogP contribution is 2.20. The molecule has 4 aromatic rings. The number of thiophene rings is 1. The molecule has 2 heterocycles. The first-order chi connectivity index (χ1) is 14.5. The Morgan fingerprint density at radius 3 is 2.63 bits per heavy atom. The zero-order valence-electron chi connectivity index (χ0n) is 15.8. The summed E-state index contributed by atoms with van der Waals surface area (Å²) in [5, 5.41) is 5.04.